The molecule has 2 heterocycles. The first kappa shape index (κ1) is 13.6. The largest absolute Gasteiger partial charge is 0.465 e. The fraction of sp³-hybridized carbons (Fsp3) is 0.385. The molecule has 0 fully saturated rings. The number of nitrogens with one attached hydrogen (secondary N) is 2. The number of methoxy groups -OCH3 is 1. The lowest BCUT2D eigenvalue weighted by molar-refractivity contribution is -0.115. The molecule has 1 aliphatic rings. The lowest BCUT2D eigenvalue weighted by atomic mass is 10.0. The van der Waals surface area contributed by atoms with Crippen molar-refractivity contribution >= 4 is 28.2 Å². The number of carbonyl (C=O) groups is 2. The number of fused-ring (bicyclic) bond motifs is 1. The van der Waals surface area contributed by atoms with Crippen LogP contribution < -0.4 is 10.6 Å². The van der Waals surface area contributed by atoms with E-state index < -0.39 is 5.97 Å². The van der Waals surface area contributed by atoms with Crippen molar-refractivity contribution in [3.63, 3.8) is 0 Å². The molecule has 0 unspecified atom stereocenters. The van der Waals surface area contributed by atoms with Gasteiger partial charge in [0, 0.05) is 11.4 Å². The number of rotatable bonds is 3. The number of hydrogen-bond acceptors (Lipinski definition) is 5. The van der Waals surface area contributed by atoms with Gasteiger partial charge >= 0.3 is 5.97 Å². The molecule has 0 saturated heterocycles. The van der Waals surface area contributed by atoms with E-state index in [4.69, 9.17) is 11.2 Å². The number of amides is 1. The molecule has 1 amide bonds. The van der Waals surface area contributed by atoms with E-state index in [1.807, 2.05) is 0 Å². The smallest absolute Gasteiger partial charge is 0.341 e. The van der Waals surface area contributed by atoms with Crippen LogP contribution in [0, 0.1) is 12.3 Å². The molecule has 6 heteroatoms. The Kier molecular flexibility index (Phi) is 4.20. The summed E-state index contributed by atoms with van der Waals surface area (Å²) in [5, 5.41) is 6.45. The molecule has 0 saturated carbocycles. The van der Waals surface area contributed by atoms with Gasteiger partial charge in [0.05, 0.1) is 19.1 Å². The predicted molar refractivity (Wildman–Crippen MR) is 73.1 cm³/mol. The molecular weight excluding hydrogens is 264 g/mol. The second kappa shape index (κ2) is 5.87. The van der Waals surface area contributed by atoms with Crippen molar-refractivity contribution in [3.05, 3.63) is 16.0 Å². The molecule has 1 aliphatic heterocycles. The second-order valence-corrected chi connectivity index (χ2v) is 5.16. The summed E-state index contributed by atoms with van der Waals surface area (Å²) in [4.78, 5) is 24.5. The van der Waals surface area contributed by atoms with Crippen LogP contribution in [0.2, 0.25) is 0 Å². The Bertz CT molecular complexity index is 557. The summed E-state index contributed by atoms with van der Waals surface area (Å²) in [5.74, 6) is 1.56. The molecular formula is C13H14N2O3S. The third-order valence-electron chi connectivity index (χ3n) is 2.83. The summed E-state index contributed by atoms with van der Waals surface area (Å²) in [7, 11) is 1.33. The molecule has 0 spiro atoms. The number of hydrogen-bond donors (Lipinski definition) is 2. The number of terminal acetylenes is 1. The zero-order valence-corrected chi connectivity index (χ0v) is 11.4. The molecule has 0 radical (unpaired) electrons. The van der Waals surface area contributed by atoms with Crippen LogP contribution in [0.5, 0.6) is 0 Å². The highest BCUT2D eigenvalue weighted by Crippen LogP contribution is 2.35. The zero-order valence-electron chi connectivity index (χ0n) is 10.5. The van der Waals surface area contributed by atoms with Gasteiger partial charge in [0.1, 0.15) is 5.00 Å². The minimum atomic E-state index is -0.421. The van der Waals surface area contributed by atoms with Crippen LogP contribution in [0.25, 0.3) is 0 Å². The normalized spacial score (nSPS) is 13.3. The Morgan fingerprint density at radius 2 is 2.37 bits per heavy atom. The molecule has 0 aromatic carbocycles. The van der Waals surface area contributed by atoms with Gasteiger partial charge in [-0.25, -0.2) is 4.79 Å². The number of esters is 1. The van der Waals surface area contributed by atoms with Gasteiger partial charge in [0.25, 0.3) is 0 Å². The average molecular weight is 278 g/mol. The lowest BCUT2D eigenvalue weighted by Crippen LogP contribution is -2.23. The van der Waals surface area contributed by atoms with E-state index in [1.165, 1.54) is 18.4 Å². The van der Waals surface area contributed by atoms with Gasteiger partial charge in [-0.2, -0.15) is 0 Å². The standard InChI is InChI=1S/C13H14N2O3S/c1-3-4-10(16)15-12-11(13(17)18-2)8-5-6-14-7-9(8)19-12/h1,14H,4-7H2,2H3,(H,15,16). The average Bonchev–Trinajstić information content (AvgIpc) is 2.75. The summed E-state index contributed by atoms with van der Waals surface area (Å²) in [6.45, 7) is 1.51. The number of ether oxygens (including phenoxy) is 1. The predicted octanol–water partition coefficient (Wildman–Crippen LogP) is 1.14. The van der Waals surface area contributed by atoms with E-state index in [1.54, 1.807) is 0 Å². The quantitative estimate of drug-likeness (QED) is 0.643. The second-order valence-electron chi connectivity index (χ2n) is 4.06. The van der Waals surface area contributed by atoms with Crippen molar-refractivity contribution in [2.24, 2.45) is 0 Å². The van der Waals surface area contributed by atoms with Gasteiger partial charge in [-0.05, 0) is 18.5 Å². The van der Waals surface area contributed by atoms with Crippen LogP contribution in [0.4, 0.5) is 5.00 Å². The Morgan fingerprint density at radius 1 is 1.58 bits per heavy atom. The fourth-order valence-electron chi connectivity index (χ4n) is 2.00. The molecule has 2 N–H and O–H groups in total. The molecule has 0 bridgehead atoms. The molecule has 0 aliphatic carbocycles. The van der Waals surface area contributed by atoms with Crippen molar-refractivity contribution < 1.29 is 14.3 Å². The van der Waals surface area contributed by atoms with Gasteiger partial charge in [0.2, 0.25) is 5.91 Å². The van der Waals surface area contributed by atoms with E-state index >= 15 is 0 Å². The van der Waals surface area contributed by atoms with Crippen molar-refractivity contribution in [2.45, 2.75) is 19.4 Å². The van der Waals surface area contributed by atoms with Gasteiger partial charge in [-0.1, -0.05) is 5.92 Å². The Hall–Kier alpha value is -1.84. The first-order chi connectivity index (χ1) is 9.17. The topological polar surface area (TPSA) is 67.4 Å². The van der Waals surface area contributed by atoms with E-state index in [0.29, 0.717) is 17.1 Å². The molecule has 2 rings (SSSR count). The van der Waals surface area contributed by atoms with E-state index in [0.717, 1.165) is 23.4 Å². The minimum absolute atomic E-state index is 0.0125. The van der Waals surface area contributed by atoms with Gasteiger partial charge in [-0.3, -0.25) is 4.79 Å². The third-order valence-corrected chi connectivity index (χ3v) is 3.98. The molecule has 19 heavy (non-hydrogen) atoms. The zero-order chi connectivity index (χ0) is 13.8. The van der Waals surface area contributed by atoms with E-state index in [-0.39, 0.29) is 12.3 Å². The minimum Gasteiger partial charge on any atom is -0.465 e. The van der Waals surface area contributed by atoms with Crippen LogP contribution in [0.1, 0.15) is 27.2 Å². The maximum absolute atomic E-state index is 11.9. The number of carbonyl (C=O) groups excluding carboxylic acids is 2. The molecule has 5 nitrogen and oxygen atoms in total. The summed E-state index contributed by atoms with van der Waals surface area (Å²) < 4.78 is 4.80. The summed E-state index contributed by atoms with van der Waals surface area (Å²) >= 11 is 1.40. The van der Waals surface area contributed by atoms with Crippen LogP contribution >= 0.6 is 11.3 Å². The summed E-state index contributed by atoms with van der Waals surface area (Å²) in [6.07, 6.45) is 5.83. The fourth-order valence-corrected chi connectivity index (χ4v) is 3.23. The van der Waals surface area contributed by atoms with Crippen LogP contribution in [-0.2, 0) is 22.5 Å². The van der Waals surface area contributed by atoms with Crippen molar-refractivity contribution in [2.75, 3.05) is 19.0 Å². The number of anilines is 1. The molecule has 0 atom stereocenters. The van der Waals surface area contributed by atoms with E-state index in [9.17, 15) is 9.59 Å². The molecule has 1 aromatic heterocycles. The summed E-state index contributed by atoms with van der Waals surface area (Å²) in [5.41, 5.74) is 1.43. The molecule has 1 aromatic rings. The maximum atomic E-state index is 11.9. The summed E-state index contributed by atoms with van der Waals surface area (Å²) in [6, 6.07) is 0. The third kappa shape index (κ3) is 2.78. The van der Waals surface area contributed by atoms with Gasteiger partial charge < -0.3 is 15.4 Å². The first-order valence-corrected chi connectivity index (χ1v) is 6.66. The van der Waals surface area contributed by atoms with Crippen LogP contribution in [-0.4, -0.2) is 25.5 Å². The highest BCUT2D eigenvalue weighted by Gasteiger charge is 2.26. The Balaban J connectivity index is 2.36. The SMILES string of the molecule is C#CCC(=O)Nc1sc2c(c1C(=O)OC)CCNC2. The van der Waals surface area contributed by atoms with Crippen molar-refractivity contribution in [3.8, 4) is 12.3 Å². The van der Waals surface area contributed by atoms with Gasteiger partial charge in [0.15, 0.2) is 0 Å². The highest BCUT2D eigenvalue weighted by molar-refractivity contribution is 7.17. The van der Waals surface area contributed by atoms with Crippen molar-refractivity contribution in [1.82, 2.24) is 5.32 Å². The Labute approximate surface area is 115 Å². The Morgan fingerprint density at radius 3 is 3.05 bits per heavy atom. The monoisotopic (exact) mass is 278 g/mol. The van der Waals surface area contributed by atoms with Gasteiger partial charge in [-0.15, -0.1) is 17.8 Å². The number of thiophene rings is 1. The highest BCUT2D eigenvalue weighted by atomic mass is 32.1. The van der Waals surface area contributed by atoms with Crippen molar-refractivity contribution in [1.29, 1.82) is 0 Å². The maximum Gasteiger partial charge on any atom is 0.341 e. The first-order valence-electron chi connectivity index (χ1n) is 5.84. The lowest BCUT2D eigenvalue weighted by Gasteiger charge is -2.13. The molecule has 100 valence electrons. The van der Waals surface area contributed by atoms with Crippen LogP contribution in [0.3, 0.4) is 0 Å². The van der Waals surface area contributed by atoms with E-state index in [2.05, 4.69) is 16.6 Å². The van der Waals surface area contributed by atoms with Crippen LogP contribution in [0.15, 0.2) is 0 Å².